The van der Waals surface area contributed by atoms with Gasteiger partial charge in [-0.3, -0.25) is 0 Å². The first-order valence-corrected chi connectivity index (χ1v) is 5.69. The van der Waals surface area contributed by atoms with Gasteiger partial charge >= 0.3 is 6.01 Å². The first-order chi connectivity index (χ1) is 8.24. The molecule has 2 rings (SSSR count). The Hall–Kier alpha value is -2.04. The van der Waals surface area contributed by atoms with Gasteiger partial charge in [0.15, 0.2) is 0 Å². The molecule has 1 heterocycles. The predicted molar refractivity (Wildman–Crippen MR) is 67.7 cm³/mol. The highest BCUT2D eigenvalue weighted by atomic mass is 16.4. The van der Waals surface area contributed by atoms with E-state index in [0.717, 1.165) is 24.3 Å². The second-order valence-corrected chi connectivity index (χ2v) is 3.68. The summed E-state index contributed by atoms with van der Waals surface area (Å²) in [6.07, 6.45) is 0. The van der Waals surface area contributed by atoms with E-state index >= 15 is 0 Å². The van der Waals surface area contributed by atoms with Gasteiger partial charge in [0, 0.05) is 24.3 Å². The molecule has 0 spiro atoms. The van der Waals surface area contributed by atoms with Gasteiger partial charge in [0.1, 0.15) is 0 Å². The number of aromatic nitrogens is 2. The summed E-state index contributed by atoms with van der Waals surface area (Å²) in [6.45, 7) is 5.80. The average Bonchev–Trinajstić information content (AvgIpc) is 2.81. The van der Waals surface area contributed by atoms with Crippen molar-refractivity contribution in [3.05, 3.63) is 24.3 Å². The third-order valence-electron chi connectivity index (χ3n) is 2.61. The molecule has 1 aromatic carbocycles. The zero-order valence-electron chi connectivity index (χ0n) is 10.1. The van der Waals surface area contributed by atoms with E-state index in [4.69, 9.17) is 10.2 Å². The second-order valence-electron chi connectivity index (χ2n) is 3.68. The number of nitrogens with two attached hydrogens (primary N) is 1. The van der Waals surface area contributed by atoms with E-state index in [1.165, 1.54) is 0 Å². The Morgan fingerprint density at radius 2 is 1.76 bits per heavy atom. The summed E-state index contributed by atoms with van der Waals surface area (Å²) in [5, 5.41) is 8.07. The highest BCUT2D eigenvalue weighted by Gasteiger charge is 2.12. The van der Waals surface area contributed by atoms with Crippen LogP contribution >= 0.6 is 0 Å². The van der Waals surface area contributed by atoms with Crippen LogP contribution in [-0.2, 0) is 0 Å². The van der Waals surface area contributed by atoms with Crippen molar-refractivity contribution in [2.24, 2.45) is 0 Å². The molecule has 2 N–H and O–H groups in total. The third-order valence-corrected chi connectivity index (χ3v) is 2.61. The Kier molecular flexibility index (Phi) is 3.27. The van der Waals surface area contributed by atoms with Crippen LogP contribution in [0.5, 0.6) is 0 Å². The van der Waals surface area contributed by atoms with Crippen molar-refractivity contribution in [2.45, 2.75) is 13.8 Å². The van der Waals surface area contributed by atoms with Gasteiger partial charge in [0.2, 0.25) is 5.89 Å². The molecular formula is C12H16N4O. The average molecular weight is 232 g/mol. The monoisotopic (exact) mass is 232 g/mol. The Bertz CT molecular complexity index is 474. The highest BCUT2D eigenvalue weighted by molar-refractivity contribution is 5.57. The van der Waals surface area contributed by atoms with Gasteiger partial charge in [0.25, 0.3) is 0 Å². The van der Waals surface area contributed by atoms with Crippen molar-refractivity contribution in [1.29, 1.82) is 0 Å². The van der Waals surface area contributed by atoms with Crippen molar-refractivity contribution < 1.29 is 4.42 Å². The highest BCUT2D eigenvalue weighted by Crippen LogP contribution is 2.22. The maximum Gasteiger partial charge on any atom is 0.318 e. The van der Waals surface area contributed by atoms with Gasteiger partial charge in [-0.1, -0.05) is 5.10 Å². The second kappa shape index (κ2) is 4.86. The smallest absolute Gasteiger partial charge is 0.318 e. The Morgan fingerprint density at radius 3 is 2.35 bits per heavy atom. The summed E-state index contributed by atoms with van der Waals surface area (Å²) in [7, 11) is 0. The molecule has 17 heavy (non-hydrogen) atoms. The van der Waals surface area contributed by atoms with Gasteiger partial charge in [-0.25, -0.2) is 0 Å². The molecule has 0 unspecified atom stereocenters. The molecule has 0 aliphatic carbocycles. The first kappa shape index (κ1) is 11.4. The fraction of sp³-hybridized carbons (Fsp3) is 0.333. The van der Waals surface area contributed by atoms with E-state index in [1.54, 1.807) is 0 Å². The molecule has 5 heteroatoms. The van der Waals surface area contributed by atoms with Crippen LogP contribution in [0.4, 0.5) is 11.7 Å². The Morgan fingerprint density at radius 1 is 1.12 bits per heavy atom. The zero-order chi connectivity index (χ0) is 12.3. The van der Waals surface area contributed by atoms with E-state index in [1.807, 2.05) is 29.2 Å². The maximum absolute atomic E-state index is 5.63. The number of benzene rings is 1. The summed E-state index contributed by atoms with van der Waals surface area (Å²) in [5.41, 5.74) is 7.23. The van der Waals surface area contributed by atoms with Crippen LogP contribution in [0.1, 0.15) is 13.8 Å². The quantitative estimate of drug-likeness (QED) is 0.818. The van der Waals surface area contributed by atoms with E-state index < -0.39 is 0 Å². The summed E-state index contributed by atoms with van der Waals surface area (Å²) >= 11 is 0. The van der Waals surface area contributed by atoms with Crippen LogP contribution in [0.25, 0.3) is 11.5 Å². The van der Waals surface area contributed by atoms with Gasteiger partial charge in [-0.2, -0.15) is 0 Å². The molecule has 2 aromatic rings. The number of hydrogen-bond acceptors (Lipinski definition) is 5. The summed E-state index contributed by atoms with van der Waals surface area (Å²) in [4.78, 5) is 2.01. The van der Waals surface area contributed by atoms with Crippen LogP contribution in [0.15, 0.2) is 28.7 Å². The molecule has 0 aliphatic heterocycles. The van der Waals surface area contributed by atoms with E-state index in [-0.39, 0.29) is 0 Å². The van der Waals surface area contributed by atoms with Crippen LogP contribution < -0.4 is 10.6 Å². The molecule has 0 bridgehead atoms. The number of nitrogens with zero attached hydrogens (tertiary/aromatic N) is 3. The van der Waals surface area contributed by atoms with Crippen molar-refractivity contribution in [2.75, 3.05) is 23.7 Å². The Labute approximate surface area is 100 Å². The molecule has 0 saturated heterocycles. The number of anilines is 2. The standard InChI is InChI=1S/C12H16N4O/c1-3-16(4-2)12-15-14-11(17-12)9-5-7-10(13)8-6-9/h5-8H,3-4,13H2,1-2H3. The Balaban J connectivity index is 2.26. The van der Waals surface area contributed by atoms with Crippen molar-refractivity contribution >= 4 is 11.7 Å². The summed E-state index contributed by atoms with van der Waals surface area (Å²) in [6, 6.07) is 7.93. The molecule has 0 radical (unpaired) electrons. The van der Waals surface area contributed by atoms with Crippen molar-refractivity contribution in [1.82, 2.24) is 10.2 Å². The van der Waals surface area contributed by atoms with Crippen LogP contribution in [0.3, 0.4) is 0 Å². The number of hydrogen-bond donors (Lipinski definition) is 1. The largest absolute Gasteiger partial charge is 0.403 e. The lowest BCUT2D eigenvalue weighted by Crippen LogP contribution is -2.21. The van der Waals surface area contributed by atoms with Crippen molar-refractivity contribution in [3.8, 4) is 11.5 Å². The molecular weight excluding hydrogens is 216 g/mol. The topological polar surface area (TPSA) is 68.2 Å². The van der Waals surface area contributed by atoms with E-state index in [9.17, 15) is 0 Å². The summed E-state index contributed by atoms with van der Waals surface area (Å²) in [5.74, 6) is 0.520. The molecule has 90 valence electrons. The van der Waals surface area contributed by atoms with Crippen molar-refractivity contribution in [3.63, 3.8) is 0 Å². The predicted octanol–water partition coefficient (Wildman–Crippen LogP) is 2.17. The van der Waals surface area contributed by atoms with Gasteiger partial charge in [-0.05, 0) is 38.1 Å². The molecule has 1 aromatic heterocycles. The van der Waals surface area contributed by atoms with E-state index in [2.05, 4.69) is 24.0 Å². The first-order valence-electron chi connectivity index (χ1n) is 5.69. The fourth-order valence-electron chi connectivity index (χ4n) is 1.58. The molecule has 0 atom stereocenters. The normalized spacial score (nSPS) is 10.5. The van der Waals surface area contributed by atoms with Gasteiger partial charge in [-0.15, -0.1) is 5.10 Å². The lowest BCUT2D eigenvalue weighted by atomic mass is 10.2. The maximum atomic E-state index is 5.63. The van der Waals surface area contributed by atoms with Gasteiger partial charge < -0.3 is 15.1 Å². The minimum atomic E-state index is 0.520. The number of rotatable bonds is 4. The fourth-order valence-corrected chi connectivity index (χ4v) is 1.58. The van der Waals surface area contributed by atoms with Gasteiger partial charge in [0.05, 0.1) is 0 Å². The molecule has 0 fully saturated rings. The number of nitrogen functional groups attached to an aromatic ring is 1. The molecule has 0 amide bonds. The molecule has 0 aliphatic rings. The molecule has 5 nitrogen and oxygen atoms in total. The third kappa shape index (κ3) is 2.38. The minimum Gasteiger partial charge on any atom is -0.403 e. The molecule has 0 saturated carbocycles. The lowest BCUT2D eigenvalue weighted by Gasteiger charge is -2.13. The zero-order valence-corrected chi connectivity index (χ0v) is 10.1. The minimum absolute atomic E-state index is 0.520. The SMILES string of the molecule is CCN(CC)c1nnc(-c2ccc(N)cc2)o1. The van der Waals surface area contributed by atoms with Crippen LogP contribution in [0.2, 0.25) is 0 Å². The lowest BCUT2D eigenvalue weighted by molar-refractivity contribution is 0.550. The van der Waals surface area contributed by atoms with Crippen LogP contribution in [-0.4, -0.2) is 23.3 Å². The van der Waals surface area contributed by atoms with E-state index in [0.29, 0.717) is 11.9 Å². The van der Waals surface area contributed by atoms with Crippen LogP contribution in [0, 0.1) is 0 Å². The summed E-state index contributed by atoms with van der Waals surface area (Å²) < 4.78 is 5.62.